The molecule has 20 heavy (non-hydrogen) atoms. The first-order chi connectivity index (χ1) is 9.63. The van der Waals surface area contributed by atoms with Gasteiger partial charge in [0.05, 0.1) is 19.8 Å². The summed E-state index contributed by atoms with van der Waals surface area (Å²) in [7, 11) is 1.61. The number of hydrogen-bond acceptors (Lipinski definition) is 3. The van der Waals surface area contributed by atoms with Crippen molar-refractivity contribution in [1.29, 1.82) is 0 Å². The molecule has 1 unspecified atom stereocenters. The van der Waals surface area contributed by atoms with Crippen LogP contribution >= 0.6 is 0 Å². The van der Waals surface area contributed by atoms with Gasteiger partial charge in [0, 0.05) is 5.69 Å². The molecular formula is C16H18FNO2. The second-order valence-electron chi connectivity index (χ2n) is 4.62. The molecule has 3 nitrogen and oxygen atoms in total. The largest absolute Gasteiger partial charge is 0.497 e. The molecule has 0 aromatic heterocycles. The van der Waals surface area contributed by atoms with Crippen LogP contribution in [0.2, 0.25) is 0 Å². The number of benzene rings is 2. The van der Waals surface area contributed by atoms with Gasteiger partial charge in [-0.25, -0.2) is 4.39 Å². The molecule has 0 aliphatic rings. The van der Waals surface area contributed by atoms with Crippen LogP contribution in [0.4, 0.5) is 10.1 Å². The number of nitrogens with one attached hydrogen (secondary N) is 1. The van der Waals surface area contributed by atoms with Crippen molar-refractivity contribution in [3.8, 4) is 5.75 Å². The highest BCUT2D eigenvalue weighted by atomic mass is 19.1. The van der Waals surface area contributed by atoms with E-state index in [1.165, 1.54) is 6.07 Å². The highest BCUT2D eigenvalue weighted by Crippen LogP contribution is 2.23. The highest BCUT2D eigenvalue weighted by molar-refractivity contribution is 5.48. The molecule has 0 fully saturated rings. The van der Waals surface area contributed by atoms with E-state index in [1.54, 1.807) is 20.1 Å². The Balaban J connectivity index is 2.16. The molecule has 0 aliphatic carbocycles. The van der Waals surface area contributed by atoms with E-state index in [4.69, 9.17) is 4.74 Å². The van der Waals surface area contributed by atoms with Crippen LogP contribution in [0.3, 0.4) is 0 Å². The Labute approximate surface area is 118 Å². The fourth-order valence-electron chi connectivity index (χ4n) is 1.95. The Kier molecular flexibility index (Phi) is 4.58. The third kappa shape index (κ3) is 3.27. The van der Waals surface area contributed by atoms with Gasteiger partial charge in [0.1, 0.15) is 11.6 Å². The molecular weight excluding hydrogens is 257 g/mol. The molecule has 0 saturated carbocycles. The number of halogens is 1. The number of methoxy groups -OCH3 is 1. The fraction of sp³-hybridized carbons (Fsp3) is 0.250. The highest BCUT2D eigenvalue weighted by Gasteiger charge is 2.12. The zero-order valence-electron chi connectivity index (χ0n) is 11.6. The Morgan fingerprint density at radius 3 is 2.45 bits per heavy atom. The molecule has 2 rings (SSSR count). The van der Waals surface area contributed by atoms with Gasteiger partial charge in [-0.2, -0.15) is 0 Å². The lowest BCUT2D eigenvalue weighted by Crippen LogP contribution is -2.15. The van der Waals surface area contributed by atoms with Crippen LogP contribution in [0.5, 0.6) is 5.75 Å². The van der Waals surface area contributed by atoms with E-state index < -0.39 is 0 Å². The summed E-state index contributed by atoms with van der Waals surface area (Å²) in [6.45, 7) is 1.60. The summed E-state index contributed by atoms with van der Waals surface area (Å²) >= 11 is 0. The molecule has 2 N–H and O–H groups in total. The smallest absolute Gasteiger partial charge is 0.126 e. The SMILES string of the molecule is COc1ccc(NC(CO)c2ccc(C)c(F)c2)cc1. The summed E-state index contributed by atoms with van der Waals surface area (Å²) in [5.74, 6) is 0.495. The molecule has 1 atom stereocenters. The number of anilines is 1. The molecule has 0 radical (unpaired) electrons. The van der Waals surface area contributed by atoms with Crippen molar-refractivity contribution in [2.24, 2.45) is 0 Å². The van der Waals surface area contributed by atoms with E-state index >= 15 is 0 Å². The van der Waals surface area contributed by atoms with E-state index in [0.29, 0.717) is 11.1 Å². The Morgan fingerprint density at radius 1 is 1.20 bits per heavy atom. The van der Waals surface area contributed by atoms with Gasteiger partial charge < -0.3 is 15.2 Å². The van der Waals surface area contributed by atoms with Crippen molar-refractivity contribution in [3.05, 3.63) is 59.4 Å². The topological polar surface area (TPSA) is 41.5 Å². The van der Waals surface area contributed by atoms with Gasteiger partial charge >= 0.3 is 0 Å². The number of aliphatic hydroxyl groups excluding tert-OH is 1. The Morgan fingerprint density at radius 2 is 1.90 bits per heavy atom. The van der Waals surface area contributed by atoms with Gasteiger partial charge in [0.2, 0.25) is 0 Å². The molecule has 0 saturated heterocycles. The van der Waals surface area contributed by atoms with E-state index in [1.807, 2.05) is 30.3 Å². The molecule has 0 heterocycles. The molecule has 2 aromatic carbocycles. The molecule has 106 valence electrons. The van der Waals surface area contributed by atoms with Crippen molar-refractivity contribution in [3.63, 3.8) is 0 Å². The van der Waals surface area contributed by atoms with Crippen LogP contribution in [-0.2, 0) is 0 Å². The average molecular weight is 275 g/mol. The first kappa shape index (κ1) is 14.3. The zero-order valence-corrected chi connectivity index (χ0v) is 11.6. The van der Waals surface area contributed by atoms with E-state index in [2.05, 4.69) is 5.32 Å². The van der Waals surface area contributed by atoms with E-state index in [0.717, 1.165) is 11.4 Å². The van der Waals surface area contributed by atoms with E-state index in [-0.39, 0.29) is 18.5 Å². The van der Waals surface area contributed by atoms with Crippen molar-refractivity contribution in [2.45, 2.75) is 13.0 Å². The van der Waals surface area contributed by atoms with Crippen LogP contribution in [-0.4, -0.2) is 18.8 Å². The van der Waals surface area contributed by atoms with Gasteiger partial charge in [-0.15, -0.1) is 0 Å². The van der Waals surface area contributed by atoms with Crippen molar-refractivity contribution < 1.29 is 14.2 Å². The molecule has 0 amide bonds. The monoisotopic (exact) mass is 275 g/mol. The second-order valence-corrected chi connectivity index (χ2v) is 4.62. The third-order valence-corrected chi connectivity index (χ3v) is 3.21. The molecule has 0 bridgehead atoms. The first-order valence-corrected chi connectivity index (χ1v) is 6.41. The molecule has 0 spiro atoms. The van der Waals surface area contributed by atoms with Crippen molar-refractivity contribution in [1.82, 2.24) is 0 Å². The lowest BCUT2D eigenvalue weighted by Gasteiger charge is -2.18. The molecule has 4 heteroatoms. The number of aliphatic hydroxyl groups is 1. The van der Waals surface area contributed by atoms with Crippen LogP contribution < -0.4 is 10.1 Å². The first-order valence-electron chi connectivity index (χ1n) is 6.41. The number of rotatable bonds is 5. The second kappa shape index (κ2) is 6.39. The minimum Gasteiger partial charge on any atom is -0.497 e. The van der Waals surface area contributed by atoms with Gasteiger partial charge in [-0.3, -0.25) is 0 Å². The summed E-state index contributed by atoms with van der Waals surface area (Å²) in [6, 6.07) is 12.0. The summed E-state index contributed by atoms with van der Waals surface area (Å²) in [5, 5.41) is 12.7. The van der Waals surface area contributed by atoms with Crippen molar-refractivity contribution in [2.75, 3.05) is 19.0 Å². The van der Waals surface area contributed by atoms with Gasteiger partial charge in [0.25, 0.3) is 0 Å². The Bertz CT molecular complexity index is 569. The van der Waals surface area contributed by atoms with Gasteiger partial charge in [-0.1, -0.05) is 12.1 Å². The quantitative estimate of drug-likeness (QED) is 0.879. The minimum absolute atomic E-state index is 0.117. The van der Waals surface area contributed by atoms with Crippen LogP contribution in [0, 0.1) is 12.7 Å². The maximum atomic E-state index is 13.6. The van der Waals surface area contributed by atoms with Gasteiger partial charge in [-0.05, 0) is 48.4 Å². The summed E-state index contributed by atoms with van der Waals surface area (Å²) < 4.78 is 18.7. The fourth-order valence-corrected chi connectivity index (χ4v) is 1.95. The summed E-state index contributed by atoms with van der Waals surface area (Å²) in [5.41, 5.74) is 2.15. The minimum atomic E-state index is -0.349. The standard InChI is InChI=1S/C16H18FNO2/c1-11-3-4-12(9-15(11)17)16(10-19)18-13-5-7-14(20-2)8-6-13/h3-9,16,18-19H,10H2,1-2H3. The van der Waals surface area contributed by atoms with Crippen LogP contribution in [0.15, 0.2) is 42.5 Å². The van der Waals surface area contributed by atoms with Crippen LogP contribution in [0.1, 0.15) is 17.2 Å². The number of hydrogen-bond donors (Lipinski definition) is 2. The lowest BCUT2D eigenvalue weighted by atomic mass is 10.0. The van der Waals surface area contributed by atoms with Crippen molar-refractivity contribution >= 4 is 5.69 Å². The lowest BCUT2D eigenvalue weighted by molar-refractivity contribution is 0.276. The normalized spacial score (nSPS) is 12.0. The number of aryl methyl sites for hydroxylation is 1. The summed E-state index contributed by atoms with van der Waals surface area (Å²) in [6.07, 6.45) is 0. The Hall–Kier alpha value is -2.07. The third-order valence-electron chi connectivity index (χ3n) is 3.21. The maximum absolute atomic E-state index is 13.6. The van der Waals surface area contributed by atoms with E-state index in [9.17, 15) is 9.50 Å². The van der Waals surface area contributed by atoms with Crippen LogP contribution in [0.25, 0.3) is 0 Å². The average Bonchev–Trinajstić information content (AvgIpc) is 2.48. The number of ether oxygens (including phenoxy) is 1. The van der Waals surface area contributed by atoms with Gasteiger partial charge in [0.15, 0.2) is 0 Å². The predicted octanol–water partition coefficient (Wildman–Crippen LogP) is 3.29. The molecule has 0 aliphatic heterocycles. The maximum Gasteiger partial charge on any atom is 0.126 e. The molecule has 2 aromatic rings. The summed E-state index contributed by atoms with van der Waals surface area (Å²) in [4.78, 5) is 0. The zero-order chi connectivity index (χ0) is 14.5. The predicted molar refractivity (Wildman–Crippen MR) is 77.6 cm³/mol.